The largest absolute Gasteiger partial charge is 0.325 e. The van der Waals surface area contributed by atoms with Crippen molar-refractivity contribution in [3.05, 3.63) is 56.3 Å². The molecule has 5 nitrogen and oxygen atoms in total. The molecule has 1 aromatic heterocycles. The van der Waals surface area contributed by atoms with E-state index < -0.39 is 10.3 Å². The van der Waals surface area contributed by atoms with Crippen LogP contribution in [-0.4, -0.2) is 10.8 Å². The maximum Gasteiger partial charge on any atom is 0.269 e. The molecule has 0 radical (unpaired) electrons. The van der Waals surface area contributed by atoms with Crippen molar-refractivity contribution >= 4 is 28.6 Å². The van der Waals surface area contributed by atoms with Gasteiger partial charge in [0.25, 0.3) is 5.69 Å². The van der Waals surface area contributed by atoms with Gasteiger partial charge in [0.15, 0.2) is 0 Å². The van der Waals surface area contributed by atoms with Gasteiger partial charge in [0, 0.05) is 22.7 Å². The summed E-state index contributed by atoms with van der Waals surface area (Å²) in [6.07, 6.45) is 3.80. The van der Waals surface area contributed by atoms with Gasteiger partial charge >= 0.3 is 0 Å². The molecule has 0 bridgehead atoms. The third kappa shape index (κ3) is 2.86. The van der Waals surface area contributed by atoms with Crippen molar-refractivity contribution in [2.45, 2.75) is 38.0 Å². The average Bonchev–Trinajstić information content (AvgIpc) is 3.20. The maximum absolute atomic E-state index is 13.0. The number of nitro groups is 1. The number of hydrogen-bond acceptors (Lipinski definition) is 4. The zero-order valence-corrected chi connectivity index (χ0v) is 13.7. The fourth-order valence-corrected chi connectivity index (χ4v) is 4.24. The molecule has 0 atom stereocenters. The van der Waals surface area contributed by atoms with E-state index in [9.17, 15) is 14.9 Å². The normalized spacial score (nSPS) is 16.2. The number of carbonyl (C=O) groups excluding carboxylic acids is 1. The zero-order valence-electron chi connectivity index (χ0n) is 12.9. The Balaban J connectivity index is 1.87. The van der Waals surface area contributed by atoms with Gasteiger partial charge in [-0.15, -0.1) is 11.3 Å². The van der Waals surface area contributed by atoms with Gasteiger partial charge in [-0.2, -0.15) is 0 Å². The van der Waals surface area contributed by atoms with E-state index in [-0.39, 0.29) is 11.6 Å². The highest BCUT2D eigenvalue weighted by Crippen LogP contribution is 2.44. The van der Waals surface area contributed by atoms with E-state index in [1.54, 1.807) is 24.3 Å². The highest BCUT2D eigenvalue weighted by atomic mass is 32.1. The van der Waals surface area contributed by atoms with Crippen molar-refractivity contribution in [1.29, 1.82) is 0 Å². The van der Waals surface area contributed by atoms with Crippen LogP contribution in [-0.2, 0) is 10.2 Å². The summed E-state index contributed by atoms with van der Waals surface area (Å²) in [5, 5.41) is 15.8. The Morgan fingerprint density at radius 2 is 2.04 bits per heavy atom. The van der Waals surface area contributed by atoms with E-state index in [4.69, 9.17) is 0 Å². The molecule has 0 saturated heterocycles. The first-order chi connectivity index (χ1) is 11.0. The van der Waals surface area contributed by atoms with Crippen LogP contribution in [0.25, 0.3) is 0 Å². The Bertz CT molecular complexity index is 734. The van der Waals surface area contributed by atoms with Crippen LogP contribution >= 0.6 is 11.3 Å². The molecule has 1 aliphatic rings. The summed E-state index contributed by atoms with van der Waals surface area (Å²) < 4.78 is 0. The summed E-state index contributed by atoms with van der Waals surface area (Å²) in [6.45, 7) is 1.77. The zero-order chi connectivity index (χ0) is 16.4. The van der Waals surface area contributed by atoms with Crippen molar-refractivity contribution in [3.8, 4) is 0 Å². The first-order valence-corrected chi connectivity index (χ1v) is 8.51. The molecular weight excluding hydrogens is 312 g/mol. The smallest absolute Gasteiger partial charge is 0.269 e. The molecule has 1 fully saturated rings. The number of nitrogens with zero attached hydrogens (tertiary/aromatic N) is 1. The number of benzene rings is 1. The number of non-ortho nitro benzene ring substituents is 1. The third-order valence-corrected chi connectivity index (χ3v) is 5.63. The minimum absolute atomic E-state index is 0.00518. The minimum atomic E-state index is -0.456. The molecule has 0 spiro atoms. The van der Waals surface area contributed by atoms with Crippen LogP contribution in [0.1, 0.15) is 36.1 Å². The Morgan fingerprint density at radius 1 is 1.30 bits per heavy atom. The first-order valence-electron chi connectivity index (χ1n) is 7.63. The second-order valence-electron chi connectivity index (χ2n) is 5.98. The van der Waals surface area contributed by atoms with Crippen LogP contribution < -0.4 is 5.32 Å². The Hall–Kier alpha value is -2.21. The standard InChI is InChI=1S/C17H18N2O3S/c1-12-11-13(19(21)22)6-7-14(12)18-16(20)17(8-2-3-9-17)15-5-4-10-23-15/h4-7,10-11H,2-3,8-9H2,1H3,(H,18,20). The van der Waals surface area contributed by atoms with Gasteiger partial charge in [0.2, 0.25) is 5.91 Å². The molecule has 0 aliphatic heterocycles. The molecule has 120 valence electrons. The lowest BCUT2D eigenvalue weighted by Gasteiger charge is -2.27. The molecule has 3 rings (SSSR count). The van der Waals surface area contributed by atoms with Crippen LogP contribution in [0.3, 0.4) is 0 Å². The second kappa shape index (κ2) is 6.12. The van der Waals surface area contributed by atoms with Crippen molar-refractivity contribution in [2.24, 2.45) is 0 Å². The quantitative estimate of drug-likeness (QED) is 0.666. The predicted molar refractivity (Wildman–Crippen MR) is 90.9 cm³/mol. The Morgan fingerprint density at radius 3 is 2.61 bits per heavy atom. The van der Waals surface area contributed by atoms with Gasteiger partial charge in [-0.25, -0.2) is 0 Å². The lowest BCUT2D eigenvalue weighted by atomic mass is 9.83. The first kappa shape index (κ1) is 15.7. The predicted octanol–water partition coefficient (Wildman–Crippen LogP) is 4.42. The summed E-state index contributed by atoms with van der Waals surface area (Å²) in [6, 6.07) is 8.53. The van der Waals surface area contributed by atoms with Crippen molar-refractivity contribution < 1.29 is 9.72 Å². The molecular formula is C17H18N2O3S. The fraction of sp³-hybridized carbons (Fsp3) is 0.353. The SMILES string of the molecule is Cc1cc([N+](=O)[O-])ccc1NC(=O)C1(c2cccs2)CCCC1. The lowest BCUT2D eigenvalue weighted by Crippen LogP contribution is -2.37. The van der Waals surface area contributed by atoms with Crippen LogP contribution in [0.15, 0.2) is 35.7 Å². The number of rotatable bonds is 4. The molecule has 1 saturated carbocycles. The summed E-state index contributed by atoms with van der Waals surface area (Å²) in [7, 11) is 0. The summed E-state index contributed by atoms with van der Waals surface area (Å²) in [5.41, 5.74) is 0.923. The van der Waals surface area contributed by atoms with E-state index in [2.05, 4.69) is 5.32 Å². The van der Waals surface area contributed by atoms with Gasteiger partial charge < -0.3 is 5.32 Å². The van der Waals surface area contributed by atoms with Crippen LogP contribution in [0, 0.1) is 17.0 Å². The van der Waals surface area contributed by atoms with Crippen molar-refractivity contribution in [3.63, 3.8) is 0 Å². The van der Waals surface area contributed by atoms with Gasteiger partial charge in [0.1, 0.15) is 0 Å². The van der Waals surface area contributed by atoms with Gasteiger partial charge in [-0.3, -0.25) is 14.9 Å². The number of carbonyl (C=O) groups is 1. The van der Waals surface area contributed by atoms with Gasteiger partial charge in [0.05, 0.1) is 10.3 Å². The maximum atomic E-state index is 13.0. The molecule has 2 aromatic rings. The number of amides is 1. The van der Waals surface area contributed by atoms with E-state index in [0.29, 0.717) is 11.3 Å². The van der Waals surface area contributed by atoms with E-state index >= 15 is 0 Å². The third-order valence-electron chi connectivity index (χ3n) is 4.55. The van der Waals surface area contributed by atoms with Crippen molar-refractivity contribution in [2.75, 3.05) is 5.32 Å². The second-order valence-corrected chi connectivity index (χ2v) is 6.92. The Kier molecular flexibility index (Phi) is 4.17. The van der Waals surface area contributed by atoms with E-state index in [1.807, 2.05) is 17.5 Å². The fourth-order valence-electron chi connectivity index (χ4n) is 3.26. The number of thiophene rings is 1. The number of nitro benzene ring substituents is 1. The molecule has 1 aliphatic carbocycles. The molecule has 1 aromatic carbocycles. The lowest BCUT2D eigenvalue weighted by molar-refractivity contribution is -0.384. The highest BCUT2D eigenvalue weighted by Gasteiger charge is 2.43. The minimum Gasteiger partial charge on any atom is -0.325 e. The topological polar surface area (TPSA) is 72.2 Å². The van der Waals surface area contributed by atoms with Crippen molar-refractivity contribution in [1.82, 2.24) is 0 Å². The highest BCUT2D eigenvalue weighted by molar-refractivity contribution is 7.10. The molecule has 6 heteroatoms. The van der Waals surface area contributed by atoms with Gasteiger partial charge in [-0.1, -0.05) is 18.9 Å². The molecule has 1 heterocycles. The van der Waals surface area contributed by atoms with Crippen LogP contribution in [0.5, 0.6) is 0 Å². The summed E-state index contributed by atoms with van der Waals surface area (Å²) in [5.74, 6) is -0.00518. The number of nitrogens with one attached hydrogen (secondary N) is 1. The van der Waals surface area contributed by atoms with E-state index in [0.717, 1.165) is 30.6 Å². The number of aryl methyl sites for hydroxylation is 1. The molecule has 0 unspecified atom stereocenters. The van der Waals surface area contributed by atoms with Crippen LogP contribution in [0.4, 0.5) is 11.4 Å². The van der Waals surface area contributed by atoms with E-state index in [1.165, 1.54) is 12.1 Å². The Labute approximate surface area is 138 Å². The van der Waals surface area contributed by atoms with Gasteiger partial charge in [-0.05, 0) is 42.8 Å². The summed E-state index contributed by atoms with van der Waals surface area (Å²) >= 11 is 1.62. The monoisotopic (exact) mass is 330 g/mol. The number of anilines is 1. The number of hydrogen-bond donors (Lipinski definition) is 1. The molecule has 23 heavy (non-hydrogen) atoms. The summed E-state index contributed by atoms with van der Waals surface area (Å²) in [4.78, 5) is 24.5. The van der Waals surface area contributed by atoms with Crippen LogP contribution in [0.2, 0.25) is 0 Å². The molecule has 1 N–H and O–H groups in total. The molecule has 1 amide bonds. The average molecular weight is 330 g/mol.